The second-order valence-electron chi connectivity index (χ2n) is 4.11. The zero-order valence-electron chi connectivity index (χ0n) is 10.1. The van der Waals surface area contributed by atoms with Crippen molar-refractivity contribution in [3.63, 3.8) is 0 Å². The number of nitrogens with two attached hydrogens (primary N) is 3. The van der Waals surface area contributed by atoms with Crippen LogP contribution >= 0.6 is 0 Å². The summed E-state index contributed by atoms with van der Waals surface area (Å²) in [6, 6.07) is 11.5. The summed E-state index contributed by atoms with van der Waals surface area (Å²) >= 11 is 0. The number of rotatable bonds is 3. The number of hydrogen-bond acceptors (Lipinski definition) is 3. The van der Waals surface area contributed by atoms with Gasteiger partial charge in [0.1, 0.15) is 0 Å². The molecule has 2 rings (SSSR count). The Morgan fingerprint density at radius 1 is 0.895 bits per heavy atom. The van der Waals surface area contributed by atoms with Gasteiger partial charge < -0.3 is 17.2 Å². The van der Waals surface area contributed by atoms with Gasteiger partial charge in [-0.05, 0) is 41.5 Å². The van der Waals surface area contributed by atoms with Gasteiger partial charge >= 0.3 is 0 Å². The van der Waals surface area contributed by atoms with Crippen LogP contribution in [0.2, 0.25) is 0 Å². The Morgan fingerprint density at radius 3 is 2.21 bits per heavy atom. The molecule has 0 heterocycles. The molecule has 0 saturated carbocycles. The first kappa shape index (κ1) is 12.6. The molecule has 0 spiro atoms. The van der Waals surface area contributed by atoms with Crippen LogP contribution in [0.15, 0.2) is 42.5 Å². The average Bonchev–Trinajstić information content (AvgIpc) is 2.37. The van der Waals surface area contributed by atoms with Crippen LogP contribution in [-0.2, 0) is 0 Å². The van der Waals surface area contributed by atoms with Crippen LogP contribution in [0.4, 0.5) is 5.69 Å². The highest BCUT2D eigenvalue weighted by Gasteiger charge is 2.13. The number of hydrogen-bond donors (Lipinski definition) is 3. The Morgan fingerprint density at radius 2 is 1.63 bits per heavy atom. The Hall–Kier alpha value is -2.82. The van der Waals surface area contributed by atoms with E-state index in [9.17, 15) is 9.59 Å². The lowest BCUT2D eigenvalue weighted by atomic mass is 9.96. The highest BCUT2D eigenvalue weighted by atomic mass is 16.1. The molecule has 96 valence electrons. The molecular weight excluding hydrogens is 242 g/mol. The smallest absolute Gasteiger partial charge is 0.249 e. The zero-order chi connectivity index (χ0) is 14.0. The number of nitrogen functional groups attached to an aromatic ring is 1. The summed E-state index contributed by atoms with van der Waals surface area (Å²) in [5.74, 6) is -1.14. The van der Waals surface area contributed by atoms with Gasteiger partial charge in [-0.2, -0.15) is 0 Å². The Balaban J connectivity index is 2.67. The van der Waals surface area contributed by atoms with Crippen LogP contribution in [0.25, 0.3) is 11.1 Å². The summed E-state index contributed by atoms with van der Waals surface area (Å²) in [6.45, 7) is 0. The molecule has 0 unspecified atom stereocenters. The van der Waals surface area contributed by atoms with Gasteiger partial charge in [-0.1, -0.05) is 12.1 Å². The fraction of sp³-hybridized carbons (Fsp3) is 0. The van der Waals surface area contributed by atoms with Crippen molar-refractivity contribution in [1.82, 2.24) is 0 Å². The standard InChI is InChI=1S/C14H13N3O2/c15-10-3-1-2-8(6-10)12-7-9(13(16)18)4-5-11(12)14(17)19/h1-7H,15H2,(H2,16,18)(H2,17,19). The minimum Gasteiger partial charge on any atom is -0.399 e. The van der Waals surface area contributed by atoms with E-state index < -0.39 is 11.8 Å². The first-order valence-corrected chi connectivity index (χ1v) is 5.58. The third kappa shape index (κ3) is 2.55. The molecule has 5 nitrogen and oxygen atoms in total. The van der Waals surface area contributed by atoms with Crippen molar-refractivity contribution in [3.8, 4) is 11.1 Å². The van der Waals surface area contributed by atoms with Crippen molar-refractivity contribution in [3.05, 3.63) is 53.6 Å². The van der Waals surface area contributed by atoms with E-state index in [0.29, 0.717) is 27.9 Å². The maximum absolute atomic E-state index is 11.4. The molecule has 0 aliphatic carbocycles. The van der Waals surface area contributed by atoms with E-state index in [-0.39, 0.29) is 0 Å². The molecule has 0 radical (unpaired) electrons. The summed E-state index contributed by atoms with van der Waals surface area (Å²) < 4.78 is 0. The van der Waals surface area contributed by atoms with Gasteiger partial charge in [0.2, 0.25) is 11.8 Å². The molecule has 2 aromatic carbocycles. The van der Waals surface area contributed by atoms with E-state index in [1.165, 1.54) is 18.2 Å². The predicted molar refractivity (Wildman–Crippen MR) is 73.3 cm³/mol. The molecule has 0 aliphatic rings. The molecule has 0 saturated heterocycles. The molecular formula is C14H13N3O2. The van der Waals surface area contributed by atoms with Gasteiger partial charge in [-0.15, -0.1) is 0 Å². The third-order valence-electron chi connectivity index (χ3n) is 2.77. The summed E-state index contributed by atoms with van der Waals surface area (Å²) in [5, 5.41) is 0. The SMILES string of the molecule is NC(=O)c1ccc(C(N)=O)c(-c2cccc(N)c2)c1. The van der Waals surface area contributed by atoms with E-state index in [4.69, 9.17) is 17.2 Å². The molecule has 0 aromatic heterocycles. The van der Waals surface area contributed by atoms with Crippen molar-refractivity contribution in [2.45, 2.75) is 0 Å². The summed E-state index contributed by atoms with van der Waals surface area (Å²) in [6.07, 6.45) is 0. The monoisotopic (exact) mass is 255 g/mol. The molecule has 0 bridgehead atoms. The largest absolute Gasteiger partial charge is 0.399 e. The topological polar surface area (TPSA) is 112 Å². The second kappa shape index (κ2) is 4.81. The molecule has 0 aliphatic heterocycles. The second-order valence-corrected chi connectivity index (χ2v) is 4.11. The summed E-state index contributed by atoms with van der Waals surface area (Å²) in [5.41, 5.74) is 18.7. The normalized spacial score (nSPS) is 10.1. The maximum Gasteiger partial charge on any atom is 0.249 e. The fourth-order valence-electron chi connectivity index (χ4n) is 1.86. The number of benzene rings is 2. The summed E-state index contributed by atoms with van der Waals surface area (Å²) in [4.78, 5) is 22.6. The quantitative estimate of drug-likeness (QED) is 0.714. The number of anilines is 1. The van der Waals surface area contributed by atoms with E-state index >= 15 is 0 Å². The van der Waals surface area contributed by atoms with E-state index in [2.05, 4.69) is 0 Å². The predicted octanol–water partition coefficient (Wildman–Crippen LogP) is 1.13. The Bertz CT molecular complexity index is 665. The van der Waals surface area contributed by atoms with Crippen LogP contribution in [0.3, 0.4) is 0 Å². The van der Waals surface area contributed by atoms with Crippen LogP contribution in [0, 0.1) is 0 Å². The lowest BCUT2D eigenvalue weighted by molar-refractivity contribution is 0.0989. The molecule has 2 aromatic rings. The minimum atomic E-state index is -0.576. The minimum absolute atomic E-state index is 0.308. The van der Waals surface area contributed by atoms with Gasteiger partial charge in [0.15, 0.2) is 0 Å². The van der Waals surface area contributed by atoms with Crippen molar-refractivity contribution >= 4 is 17.5 Å². The van der Waals surface area contributed by atoms with E-state index in [1.54, 1.807) is 24.3 Å². The molecule has 19 heavy (non-hydrogen) atoms. The third-order valence-corrected chi connectivity index (χ3v) is 2.77. The van der Waals surface area contributed by atoms with E-state index in [1.807, 2.05) is 0 Å². The number of carbonyl (C=O) groups excluding carboxylic acids is 2. The number of amides is 2. The lowest BCUT2D eigenvalue weighted by Gasteiger charge is -2.09. The molecule has 2 amide bonds. The van der Waals surface area contributed by atoms with E-state index in [0.717, 1.165) is 0 Å². The van der Waals surface area contributed by atoms with Crippen molar-refractivity contribution in [2.75, 3.05) is 5.73 Å². The molecule has 0 fully saturated rings. The number of primary amides is 2. The van der Waals surface area contributed by atoms with Gasteiger partial charge in [0, 0.05) is 16.8 Å². The maximum atomic E-state index is 11.4. The fourth-order valence-corrected chi connectivity index (χ4v) is 1.86. The van der Waals surface area contributed by atoms with Crippen molar-refractivity contribution < 1.29 is 9.59 Å². The Kier molecular flexibility index (Phi) is 3.20. The van der Waals surface area contributed by atoms with Crippen LogP contribution < -0.4 is 17.2 Å². The van der Waals surface area contributed by atoms with Gasteiger partial charge in [0.25, 0.3) is 0 Å². The molecule has 5 heteroatoms. The van der Waals surface area contributed by atoms with Gasteiger partial charge in [-0.25, -0.2) is 0 Å². The first-order chi connectivity index (χ1) is 8.99. The van der Waals surface area contributed by atoms with Crippen molar-refractivity contribution in [2.24, 2.45) is 11.5 Å². The van der Waals surface area contributed by atoms with Crippen LogP contribution in [-0.4, -0.2) is 11.8 Å². The van der Waals surface area contributed by atoms with Crippen LogP contribution in [0.5, 0.6) is 0 Å². The summed E-state index contributed by atoms with van der Waals surface area (Å²) in [7, 11) is 0. The first-order valence-electron chi connectivity index (χ1n) is 5.58. The highest BCUT2D eigenvalue weighted by Crippen LogP contribution is 2.26. The van der Waals surface area contributed by atoms with Gasteiger partial charge in [-0.3, -0.25) is 9.59 Å². The lowest BCUT2D eigenvalue weighted by Crippen LogP contribution is -2.15. The highest BCUT2D eigenvalue weighted by molar-refractivity contribution is 6.03. The molecule has 6 N–H and O–H groups in total. The van der Waals surface area contributed by atoms with Crippen molar-refractivity contribution in [1.29, 1.82) is 0 Å². The Labute approximate surface area is 110 Å². The number of carbonyl (C=O) groups is 2. The average molecular weight is 255 g/mol. The molecule has 0 atom stereocenters. The van der Waals surface area contributed by atoms with Crippen LogP contribution in [0.1, 0.15) is 20.7 Å². The van der Waals surface area contributed by atoms with Gasteiger partial charge in [0.05, 0.1) is 0 Å². The zero-order valence-corrected chi connectivity index (χ0v) is 10.1.